The number of aliphatic carboxylic acids is 2. The average molecular weight is 1580 g/mol. The molecule has 0 bridgehead atoms. The monoisotopic (exact) mass is 1580 g/mol. The summed E-state index contributed by atoms with van der Waals surface area (Å²) in [5.74, 6) is -2.51. The Kier molecular flexibility index (Phi) is 25.8. The van der Waals surface area contributed by atoms with E-state index in [-0.39, 0.29) is 144 Å². The predicted molar refractivity (Wildman–Crippen MR) is 410 cm³/mol. The van der Waals surface area contributed by atoms with Crippen molar-refractivity contribution >= 4 is 97.9 Å². The number of rotatable bonds is 18. The summed E-state index contributed by atoms with van der Waals surface area (Å²) in [6.07, 6.45) is -4.44. The van der Waals surface area contributed by atoms with Crippen LogP contribution in [0.2, 0.25) is 0 Å². The Bertz CT molecular complexity index is 5380. The molecule has 1 saturated heterocycles. The van der Waals surface area contributed by atoms with Gasteiger partial charge in [0.05, 0.1) is 61.7 Å². The third-order valence-electron chi connectivity index (χ3n) is 16.8. The number of halogens is 10. The number of benzene rings is 9. The van der Waals surface area contributed by atoms with E-state index in [9.17, 15) is 68.9 Å². The summed E-state index contributed by atoms with van der Waals surface area (Å²) < 4.78 is 250. The van der Waals surface area contributed by atoms with Crippen LogP contribution in [0.3, 0.4) is 0 Å². The molecule has 12 nitrogen and oxygen atoms in total. The van der Waals surface area contributed by atoms with Crippen LogP contribution in [-0.4, -0.2) is 96.0 Å². The predicted octanol–water partition coefficient (Wildman–Crippen LogP) is 15.7. The maximum atomic E-state index is 13.8. The van der Waals surface area contributed by atoms with Gasteiger partial charge in [0.25, 0.3) is 0 Å². The van der Waals surface area contributed by atoms with E-state index >= 15 is 0 Å². The van der Waals surface area contributed by atoms with E-state index in [1.807, 2.05) is 52.8 Å². The van der Waals surface area contributed by atoms with Gasteiger partial charge >= 0.3 is 67.1 Å². The Morgan fingerprint density at radius 2 is 0.880 bits per heavy atom. The molecule has 9 aromatic carbocycles. The number of nitrogens with one attached hydrogen (secondary N) is 1. The number of carboxylic acid groups (broad SMARTS) is 2. The Labute approximate surface area is 678 Å². The van der Waals surface area contributed by atoms with Crippen LogP contribution in [0.4, 0.5) is 39.5 Å². The summed E-state index contributed by atoms with van der Waals surface area (Å²) >= 11 is 2.92. The van der Waals surface area contributed by atoms with Crippen LogP contribution in [0.5, 0.6) is 0 Å². The molecule has 2 atom stereocenters. The van der Waals surface area contributed by atoms with E-state index in [1.54, 1.807) is 56.3 Å². The van der Waals surface area contributed by atoms with Gasteiger partial charge in [-0.3, -0.25) is 24.5 Å². The van der Waals surface area contributed by atoms with Gasteiger partial charge in [-0.15, -0.1) is 0 Å². The van der Waals surface area contributed by atoms with Crippen LogP contribution in [0.15, 0.2) is 204 Å². The molecule has 0 amide bonds. The van der Waals surface area contributed by atoms with Gasteiger partial charge in [0.15, 0.2) is 0 Å². The van der Waals surface area contributed by atoms with E-state index < -0.39 is 126 Å². The van der Waals surface area contributed by atoms with Crippen molar-refractivity contribution in [1.29, 1.82) is 0 Å². The summed E-state index contributed by atoms with van der Waals surface area (Å²) in [6.45, 7) is 14.1. The summed E-state index contributed by atoms with van der Waals surface area (Å²) in [5, 5.41) is 37.8. The number of carbonyl (C=O) groups is 4. The molecule has 7 N–H and O–H groups in total. The van der Waals surface area contributed by atoms with Gasteiger partial charge < -0.3 is 36.9 Å². The molecule has 0 unspecified atom stereocenters. The first-order valence-electron chi connectivity index (χ1n) is 39.2. The second-order valence-corrected chi connectivity index (χ2v) is 25.8. The first kappa shape index (κ1) is 69.7. The van der Waals surface area contributed by atoms with Gasteiger partial charge in [0, 0.05) is 30.6 Å². The van der Waals surface area contributed by atoms with Crippen LogP contribution in [0.1, 0.15) is 157 Å². The maximum absolute atomic E-state index is 13.8. The normalized spacial score (nSPS) is 16.1. The molecular weight excluding hydrogens is 1480 g/mol. The molecular formula is C83H82B2BrF9N2NaO10. The Morgan fingerprint density at radius 3 is 1.22 bits per heavy atom. The molecule has 0 aromatic heterocycles. The minimum Gasteiger partial charge on any atom is -1.00 e. The molecule has 561 valence electrons. The van der Waals surface area contributed by atoms with Crippen molar-refractivity contribution in [3.63, 3.8) is 0 Å². The minimum atomic E-state index is -4.67. The van der Waals surface area contributed by atoms with Gasteiger partial charge in [-0.2, -0.15) is 39.5 Å². The van der Waals surface area contributed by atoms with E-state index in [0.29, 0.717) is 51.5 Å². The number of alkyl halides is 9. The molecule has 9 aromatic rings. The van der Waals surface area contributed by atoms with Crippen molar-refractivity contribution < 1.29 is 140 Å². The van der Waals surface area contributed by atoms with Gasteiger partial charge in [-0.05, 0) is 194 Å². The van der Waals surface area contributed by atoms with Gasteiger partial charge in [-0.25, -0.2) is 0 Å². The maximum Gasteiger partial charge on any atom is 1.00 e. The molecule has 1 aliphatic rings. The van der Waals surface area contributed by atoms with Crippen LogP contribution < -0.4 is 46.1 Å². The number of nitrogens with two attached hydrogens (primary N) is 1. The van der Waals surface area contributed by atoms with Crippen LogP contribution in [-0.2, 0) is 44.0 Å². The summed E-state index contributed by atoms with van der Waals surface area (Å²) in [5.41, 5.74) is 3.62. The average Bonchev–Trinajstić information content (AvgIpc) is 1.65. The molecule has 1 heterocycles. The largest absolute Gasteiger partial charge is 1.00 e. The first-order valence-corrected chi connectivity index (χ1v) is 32.5. The number of hydrogen-bond donors (Lipinski definition) is 6. The smallest absolute Gasteiger partial charge is 1.00 e. The third-order valence-corrected chi connectivity index (χ3v) is 17.2. The van der Waals surface area contributed by atoms with E-state index in [4.69, 9.17) is 45.8 Å². The quantitative estimate of drug-likeness (QED) is 0.0205. The molecule has 25 heteroatoms. The van der Waals surface area contributed by atoms with Crippen molar-refractivity contribution in [2.24, 2.45) is 5.73 Å². The first-order chi connectivity index (χ1) is 55.9. The molecule has 1 fully saturated rings. The number of aldehydes is 2. The summed E-state index contributed by atoms with van der Waals surface area (Å²) in [7, 11) is -0.563. The van der Waals surface area contributed by atoms with Crippen LogP contribution in [0.25, 0.3) is 58.7 Å². The molecule has 108 heavy (non-hydrogen) atoms. The fraction of sp³-hybridized carbons (Fsp3) is 0.229. The van der Waals surface area contributed by atoms with Crippen molar-refractivity contribution in [3.05, 3.63) is 288 Å². The standard InChI is InChI=1S/C27H26F3NO3.C23H24BF3O3.C23H17F3O.C6H5Br.C4H9NO3.B.Na.H/c1-18-20(9-6-10-23(18)21-7-4-3-5-8-21)12-13-22-15-19(11-14-24(22)27(28,29)30)16-31-26(2,17-32)25(33)34;1-15-17(7-6-8-20(15)24-29-21(2,3)22(4,5)30-24)10-11-18-13-16(14-28)9-12-19(18)23(25,26)27;1-16-18(8-5-9-21(16)19-6-3-2-4-7-19)11-12-20-14-17(15-27)10-13-22(20)23(24,25)26;7-6-4-2-1-3-5-6;1-4(5,2-6)3(7)8;;;/h3-15,31-32H,16-17H2,1-2H3,(H,33,34);6-14H,1-5H3;2-15H,1H3;1-5H;6H,2,5H2,1H3,(H,7,8);;;/q;;;;;;+1;-1/b13-12+;11-10+;12-11+;;;;;/t26-;;;;4-;;;/m0...0.../s1/i3D,4D,5D,7D,8D;;2D,3D,4D,6D,7D;1D,2D,3D,4D,5D;;;;. The van der Waals surface area contributed by atoms with Gasteiger partial charge in [0.1, 0.15) is 23.7 Å². The van der Waals surface area contributed by atoms with Crippen LogP contribution >= 0.6 is 15.9 Å². The number of hydrogen-bond acceptors (Lipinski definition) is 10. The van der Waals surface area contributed by atoms with Gasteiger partial charge in [-0.1, -0.05) is 204 Å². The molecule has 0 saturated carbocycles. The van der Waals surface area contributed by atoms with E-state index in [2.05, 4.69) is 21.2 Å². The number of aliphatic hydroxyl groups is 2. The fourth-order valence-corrected chi connectivity index (χ4v) is 9.81. The SMILES string of the molecule is C[C@](N)(CO)C(=O)O.Cc1c(/C=C/c2cc(C=O)ccc2C(F)(F)F)cccc1B1OC(C)(C)C(C)(C)O1.[2H]c1c([2H])c([2H])c(-c2cccc(/C=C/c3cc(C=O)ccc3C(F)(F)F)c2C)c([2H])c1[2H].[2H]c1c([2H])c([2H])c(-c2cccc(/C=C/c3cc(CN[C@@](C)(CO)C(=O)O)ccc3C(F)(F)F)c2C)c([2H])c1[2H].[2H]c1c([2H])c([2H])c(Br)c([2H])c1[2H].[B].[H-].[Na+]. The molecule has 10 rings (SSSR count). The second kappa shape index (κ2) is 40.1. The zero-order chi connectivity index (χ0) is 91.6. The van der Waals surface area contributed by atoms with Crippen LogP contribution in [0, 0.1) is 20.8 Å². The zero-order valence-electron chi connectivity index (χ0n) is 75.9. The van der Waals surface area contributed by atoms with Crippen molar-refractivity contribution in [2.75, 3.05) is 13.2 Å². The summed E-state index contributed by atoms with van der Waals surface area (Å²) in [4.78, 5) is 43.4. The number of aliphatic hydroxyl groups excluding tert-OH is 2. The van der Waals surface area contributed by atoms with Crippen molar-refractivity contribution in [1.82, 2.24) is 5.32 Å². The van der Waals surface area contributed by atoms with Gasteiger partial charge in [0.2, 0.25) is 0 Å². The Hall–Kier alpha value is -8.78. The molecule has 0 spiro atoms. The third kappa shape index (κ3) is 25.4. The number of carboxylic acids is 2. The minimum absolute atomic E-state index is 0. The summed E-state index contributed by atoms with van der Waals surface area (Å²) in [6, 6.07) is 19.0. The van der Waals surface area contributed by atoms with E-state index in [0.717, 1.165) is 53.0 Å². The van der Waals surface area contributed by atoms with Crippen molar-refractivity contribution in [2.45, 2.75) is 110 Å². The number of carbonyl (C=O) groups excluding carboxylic acids is 2. The second-order valence-electron chi connectivity index (χ2n) is 25.0. The molecule has 1 aliphatic heterocycles. The molecule has 0 aliphatic carbocycles. The molecule has 3 radical (unpaired) electrons. The van der Waals surface area contributed by atoms with Crippen molar-refractivity contribution in [3.8, 4) is 22.3 Å². The fourth-order valence-electron chi connectivity index (χ4n) is 9.61. The zero-order valence-corrected chi connectivity index (χ0v) is 63.5. The Morgan fingerprint density at radius 1 is 0.528 bits per heavy atom. The topological polar surface area (TPSA) is 206 Å². The van der Waals surface area contributed by atoms with E-state index in [1.165, 1.54) is 62.4 Å². The Balaban J connectivity index is 0.000000428.